The predicted octanol–water partition coefficient (Wildman–Crippen LogP) is 4.97. The number of fused-ring (bicyclic) bond motifs is 3. The number of halogens is 1. The molecule has 3 aromatic rings. The van der Waals surface area contributed by atoms with Crippen LogP contribution in [0.15, 0.2) is 36.4 Å². The molecule has 0 spiro atoms. The van der Waals surface area contributed by atoms with E-state index in [9.17, 15) is 0 Å². The molecule has 4 rings (SSSR count). The van der Waals surface area contributed by atoms with Crippen molar-refractivity contribution in [2.24, 2.45) is 0 Å². The molecule has 0 unspecified atom stereocenters. The molecular weight excluding hydrogens is 312 g/mol. The SMILES string of the molecule is CN1CCc2c(c3cc(Cl)sc3n2/C=C/c2ccccc2)C1. The van der Waals surface area contributed by atoms with E-state index >= 15 is 0 Å². The monoisotopic (exact) mass is 328 g/mol. The van der Waals surface area contributed by atoms with Gasteiger partial charge in [-0.25, -0.2) is 0 Å². The summed E-state index contributed by atoms with van der Waals surface area (Å²) in [5, 5.41) is 1.31. The van der Waals surface area contributed by atoms with Gasteiger partial charge < -0.3 is 9.47 Å². The lowest BCUT2D eigenvalue weighted by atomic mass is 10.1. The fraction of sp³-hybridized carbons (Fsp3) is 0.222. The van der Waals surface area contributed by atoms with Crippen LogP contribution in [0.25, 0.3) is 22.5 Å². The Hall–Kier alpha value is -1.55. The van der Waals surface area contributed by atoms with E-state index in [-0.39, 0.29) is 0 Å². The molecule has 0 fully saturated rings. The molecule has 4 heteroatoms. The molecule has 3 heterocycles. The standard InChI is InChI=1S/C18H17ClN2S/c1-20-9-8-16-15(12-20)14-11-17(19)22-18(14)21(16)10-7-13-5-3-2-4-6-13/h2-7,10-11H,8-9,12H2,1H3/b10-7+. The maximum atomic E-state index is 6.26. The molecule has 2 nitrogen and oxygen atoms in total. The minimum Gasteiger partial charge on any atom is -0.312 e. The lowest BCUT2D eigenvalue weighted by Gasteiger charge is -2.23. The van der Waals surface area contributed by atoms with E-state index in [1.54, 1.807) is 11.3 Å². The average Bonchev–Trinajstić information content (AvgIpc) is 3.02. The molecule has 1 aliphatic heterocycles. The highest BCUT2D eigenvalue weighted by molar-refractivity contribution is 7.22. The van der Waals surface area contributed by atoms with Gasteiger partial charge in [-0.1, -0.05) is 41.9 Å². The molecule has 0 amide bonds. The maximum Gasteiger partial charge on any atom is 0.108 e. The molecule has 0 saturated heterocycles. The summed E-state index contributed by atoms with van der Waals surface area (Å²) in [6, 6.07) is 12.5. The van der Waals surface area contributed by atoms with Gasteiger partial charge in [-0.2, -0.15) is 0 Å². The van der Waals surface area contributed by atoms with Crippen LogP contribution in [0, 0.1) is 0 Å². The maximum absolute atomic E-state index is 6.26. The van der Waals surface area contributed by atoms with Crippen LogP contribution in [-0.2, 0) is 13.0 Å². The van der Waals surface area contributed by atoms with Crippen LogP contribution in [0.5, 0.6) is 0 Å². The molecule has 0 radical (unpaired) electrons. The van der Waals surface area contributed by atoms with Gasteiger partial charge >= 0.3 is 0 Å². The summed E-state index contributed by atoms with van der Waals surface area (Å²) in [5.74, 6) is 0. The first kappa shape index (κ1) is 14.1. The van der Waals surface area contributed by atoms with Crippen molar-refractivity contribution in [3.8, 4) is 0 Å². The van der Waals surface area contributed by atoms with Crippen LogP contribution < -0.4 is 0 Å². The van der Waals surface area contributed by atoms with Gasteiger partial charge in [0.05, 0.1) is 4.34 Å². The summed E-state index contributed by atoms with van der Waals surface area (Å²) in [7, 11) is 2.18. The van der Waals surface area contributed by atoms with Crippen LogP contribution in [0.1, 0.15) is 16.8 Å². The Bertz CT molecular complexity index is 845. The van der Waals surface area contributed by atoms with Gasteiger partial charge in [0.2, 0.25) is 0 Å². The Labute approximate surface area is 139 Å². The lowest BCUT2D eigenvalue weighted by Crippen LogP contribution is -2.26. The summed E-state index contributed by atoms with van der Waals surface area (Å²) in [6.07, 6.45) is 5.45. The van der Waals surface area contributed by atoms with Gasteiger partial charge in [0.1, 0.15) is 4.83 Å². The van der Waals surface area contributed by atoms with E-state index in [4.69, 9.17) is 11.6 Å². The number of rotatable bonds is 2. The van der Waals surface area contributed by atoms with Crippen LogP contribution >= 0.6 is 22.9 Å². The summed E-state index contributed by atoms with van der Waals surface area (Å²) in [6.45, 7) is 2.11. The molecule has 112 valence electrons. The Kier molecular flexibility index (Phi) is 3.57. The first-order valence-electron chi connectivity index (χ1n) is 7.45. The van der Waals surface area contributed by atoms with Crippen LogP contribution in [0.4, 0.5) is 0 Å². The van der Waals surface area contributed by atoms with Crippen LogP contribution in [-0.4, -0.2) is 23.1 Å². The average molecular weight is 329 g/mol. The van der Waals surface area contributed by atoms with Crippen LogP contribution in [0.3, 0.4) is 0 Å². The van der Waals surface area contributed by atoms with E-state index in [0.29, 0.717) is 0 Å². The minimum atomic E-state index is 0.864. The van der Waals surface area contributed by atoms with Crippen molar-refractivity contribution in [2.75, 3.05) is 13.6 Å². The third kappa shape index (κ3) is 2.39. The van der Waals surface area contributed by atoms with Crippen molar-refractivity contribution < 1.29 is 0 Å². The second-order valence-corrected chi connectivity index (χ2v) is 7.44. The second kappa shape index (κ2) is 5.58. The largest absolute Gasteiger partial charge is 0.312 e. The van der Waals surface area contributed by atoms with Crippen molar-refractivity contribution in [3.63, 3.8) is 0 Å². The Morgan fingerprint density at radius 3 is 2.86 bits per heavy atom. The van der Waals surface area contributed by atoms with E-state index in [0.717, 1.165) is 23.8 Å². The third-order valence-electron chi connectivity index (χ3n) is 4.24. The second-order valence-electron chi connectivity index (χ2n) is 5.78. The van der Waals surface area contributed by atoms with Gasteiger partial charge in [0.25, 0.3) is 0 Å². The molecule has 0 bridgehead atoms. The summed E-state index contributed by atoms with van der Waals surface area (Å²) in [4.78, 5) is 3.64. The molecular formula is C18H17ClN2S. The van der Waals surface area contributed by atoms with Crippen molar-refractivity contribution in [2.45, 2.75) is 13.0 Å². The zero-order valence-corrected chi connectivity index (χ0v) is 14.0. The number of hydrogen-bond acceptors (Lipinski definition) is 2. The van der Waals surface area contributed by atoms with E-state index < -0.39 is 0 Å². The summed E-state index contributed by atoms with van der Waals surface area (Å²) >= 11 is 7.93. The highest BCUT2D eigenvalue weighted by atomic mass is 35.5. The topological polar surface area (TPSA) is 8.17 Å². The molecule has 0 atom stereocenters. The zero-order chi connectivity index (χ0) is 15.1. The Morgan fingerprint density at radius 2 is 2.05 bits per heavy atom. The number of likely N-dealkylation sites (N-methyl/N-ethyl adjacent to an activating group) is 1. The van der Waals surface area contributed by atoms with Crippen molar-refractivity contribution >= 4 is 45.4 Å². The highest BCUT2D eigenvalue weighted by Crippen LogP contribution is 2.38. The number of aromatic nitrogens is 1. The van der Waals surface area contributed by atoms with Gasteiger partial charge in [-0.05, 0) is 30.3 Å². The number of thiophene rings is 1. The third-order valence-corrected chi connectivity index (χ3v) is 5.50. The minimum absolute atomic E-state index is 0.864. The lowest BCUT2D eigenvalue weighted by molar-refractivity contribution is 0.312. The Balaban J connectivity index is 1.84. The van der Waals surface area contributed by atoms with Crippen LogP contribution in [0.2, 0.25) is 4.34 Å². The normalized spacial score (nSPS) is 15.7. The van der Waals surface area contributed by atoms with Gasteiger partial charge in [-0.15, -0.1) is 11.3 Å². The van der Waals surface area contributed by atoms with E-state index in [2.05, 4.69) is 59.1 Å². The fourth-order valence-electron chi connectivity index (χ4n) is 3.15. The predicted molar refractivity (Wildman–Crippen MR) is 96.5 cm³/mol. The molecule has 1 aliphatic rings. The van der Waals surface area contributed by atoms with E-state index in [1.165, 1.54) is 27.0 Å². The van der Waals surface area contributed by atoms with Crippen molar-refractivity contribution in [1.82, 2.24) is 9.47 Å². The first-order valence-corrected chi connectivity index (χ1v) is 8.64. The van der Waals surface area contributed by atoms with Crippen molar-refractivity contribution in [1.29, 1.82) is 0 Å². The smallest absolute Gasteiger partial charge is 0.108 e. The number of nitrogens with zero attached hydrogens (tertiary/aromatic N) is 2. The first-order chi connectivity index (χ1) is 10.7. The summed E-state index contributed by atoms with van der Waals surface area (Å²) in [5.41, 5.74) is 4.08. The molecule has 0 saturated carbocycles. The van der Waals surface area contributed by atoms with Gasteiger partial charge in [0, 0.05) is 36.8 Å². The Morgan fingerprint density at radius 1 is 1.23 bits per heavy atom. The molecule has 22 heavy (non-hydrogen) atoms. The molecule has 2 aromatic heterocycles. The molecule has 0 aliphatic carbocycles. The number of hydrogen-bond donors (Lipinski definition) is 0. The molecule has 0 N–H and O–H groups in total. The quantitative estimate of drug-likeness (QED) is 0.644. The zero-order valence-electron chi connectivity index (χ0n) is 12.4. The summed E-state index contributed by atoms with van der Waals surface area (Å²) < 4.78 is 3.20. The van der Waals surface area contributed by atoms with Crippen molar-refractivity contribution in [3.05, 3.63) is 57.6 Å². The molecule has 1 aromatic carbocycles. The number of benzene rings is 1. The van der Waals surface area contributed by atoms with Gasteiger partial charge in [-0.3, -0.25) is 0 Å². The van der Waals surface area contributed by atoms with Gasteiger partial charge in [0.15, 0.2) is 0 Å². The fourth-order valence-corrected chi connectivity index (χ4v) is 4.40. The highest BCUT2D eigenvalue weighted by Gasteiger charge is 2.23. The van der Waals surface area contributed by atoms with E-state index in [1.807, 2.05) is 6.07 Å².